The lowest BCUT2D eigenvalue weighted by Gasteiger charge is -2.08. The minimum atomic E-state index is 0.104. The predicted molar refractivity (Wildman–Crippen MR) is 50.7 cm³/mol. The molecular formula is C9H21NO2. The molecule has 0 aromatic heterocycles. The Balaban J connectivity index is 0. The first-order valence-electron chi connectivity index (χ1n) is 4.78. The van der Waals surface area contributed by atoms with Crippen molar-refractivity contribution < 1.29 is 9.63 Å². The van der Waals surface area contributed by atoms with E-state index in [1.807, 2.05) is 34.6 Å². The van der Waals surface area contributed by atoms with Gasteiger partial charge < -0.3 is 0 Å². The maximum Gasteiger partial charge on any atom is 0.248 e. The van der Waals surface area contributed by atoms with Crippen molar-refractivity contribution in [3.63, 3.8) is 0 Å². The molecule has 0 saturated carbocycles. The molecule has 1 fully saturated rings. The summed E-state index contributed by atoms with van der Waals surface area (Å²) in [6.07, 6.45) is 0.549. The van der Waals surface area contributed by atoms with Crippen LogP contribution in [0.4, 0.5) is 0 Å². The summed E-state index contributed by atoms with van der Waals surface area (Å²) < 4.78 is 0. The highest BCUT2D eigenvalue weighted by atomic mass is 16.7. The molecule has 1 aliphatic heterocycles. The van der Waals surface area contributed by atoms with Crippen molar-refractivity contribution in [3.05, 3.63) is 0 Å². The molecule has 0 N–H and O–H groups in total. The van der Waals surface area contributed by atoms with Gasteiger partial charge in [-0.2, -0.15) is 0 Å². The van der Waals surface area contributed by atoms with Crippen LogP contribution in [0.25, 0.3) is 0 Å². The van der Waals surface area contributed by atoms with Crippen LogP contribution < -0.4 is 0 Å². The van der Waals surface area contributed by atoms with Crippen molar-refractivity contribution in [2.45, 2.75) is 41.0 Å². The molecule has 1 aliphatic rings. The van der Waals surface area contributed by atoms with Crippen molar-refractivity contribution in [1.82, 2.24) is 5.06 Å². The van der Waals surface area contributed by atoms with E-state index < -0.39 is 0 Å². The maximum atomic E-state index is 10.6. The molecule has 0 aliphatic carbocycles. The first kappa shape index (κ1) is 14.0. The largest absolute Gasteiger partial charge is 0.272 e. The van der Waals surface area contributed by atoms with Crippen molar-refractivity contribution in [1.29, 1.82) is 0 Å². The molecule has 0 radical (unpaired) electrons. The van der Waals surface area contributed by atoms with Gasteiger partial charge in [-0.3, -0.25) is 9.63 Å². The minimum Gasteiger partial charge on any atom is -0.272 e. The summed E-state index contributed by atoms with van der Waals surface area (Å²) in [5.41, 5.74) is 0. The summed E-state index contributed by atoms with van der Waals surface area (Å²) in [5.74, 6) is 0.104. The van der Waals surface area contributed by atoms with Gasteiger partial charge in [0.25, 0.3) is 0 Å². The molecule has 0 spiro atoms. The number of hydrogen-bond acceptors (Lipinski definition) is 2. The van der Waals surface area contributed by atoms with Gasteiger partial charge in [-0.1, -0.05) is 27.7 Å². The van der Waals surface area contributed by atoms with Crippen molar-refractivity contribution in [2.24, 2.45) is 0 Å². The van der Waals surface area contributed by atoms with E-state index in [0.717, 1.165) is 0 Å². The molecule has 12 heavy (non-hydrogen) atoms. The van der Waals surface area contributed by atoms with E-state index in [2.05, 4.69) is 0 Å². The molecule has 0 aromatic rings. The predicted octanol–water partition coefficient (Wildman–Crippen LogP) is 2.22. The van der Waals surface area contributed by atoms with Crippen LogP contribution in [-0.4, -0.2) is 24.1 Å². The highest BCUT2D eigenvalue weighted by molar-refractivity contribution is 5.76. The summed E-state index contributed by atoms with van der Waals surface area (Å²) in [4.78, 5) is 15.5. The first-order valence-corrected chi connectivity index (χ1v) is 4.78. The topological polar surface area (TPSA) is 29.5 Å². The van der Waals surface area contributed by atoms with Crippen LogP contribution in [0.5, 0.6) is 0 Å². The average Bonchev–Trinajstić information content (AvgIpc) is 2.58. The minimum absolute atomic E-state index is 0.104. The third kappa shape index (κ3) is 5.13. The summed E-state index contributed by atoms with van der Waals surface area (Å²) in [7, 11) is 0. The quantitative estimate of drug-likeness (QED) is 0.611. The lowest BCUT2D eigenvalue weighted by Crippen LogP contribution is -2.22. The number of carbonyl (C=O) groups excluding carboxylic acids is 1. The van der Waals surface area contributed by atoms with E-state index in [4.69, 9.17) is 4.84 Å². The van der Waals surface area contributed by atoms with Crippen molar-refractivity contribution in [2.75, 3.05) is 13.2 Å². The van der Waals surface area contributed by atoms with E-state index in [0.29, 0.717) is 19.6 Å². The van der Waals surface area contributed by atoms with E-state index in [1.165, 1.54) is 5.06 Å². The number of nitrogens with zero attached hydrogens (tertiary/aromatic N) is 1. The number of rotatable bonds is 1. The Morgan fingerprint density at radius 2 is 1.83 bits per heavy atom. The van der Waals surface area contributed by atoms with Crippen LogP contribution in [0, 0.1) is 0 Å². The van der Waals surface area contributed by atoms with Crippen LogP contribution in [0.15, 0.2) is 0 Å². The molecule has 1 saturated heterocycles. The van der Waals surface area contributed by atoms with Crippen LogP contribution in [0.3, 0.4) is 0 Å². The summed E-state index contributed by atoms with van der Waals surface area (Å²) >= 11 is 0. The van der Waals surface area contributed by atoms with Gasteiger partial charge in [-0.05, 0) is 6.92 Å². The molecular weight excluding hydrogens is 154 g/mol. The van der Waals surface area contributed by atoms with E-state index in [-0.39, 0.29) is 5.91 Å². The zero-order valence-electron chi connectivity index (χ0n) is 8.89. The van der Waals surface area contributed by atoms with Crippen LogP contribution in [-0.2, 0) is 9.63 Å². The van der Waals surface area contributed by atoms with Crippen molar-refractivity contribution in [3.8, 4) is 0 Å². The Bertz CT molecular complexity index is 105. The second kappa shape index (κ2) is 10.4. The van der Waals surface area contributed by atoms with Crippen molar-refractivity contribution >= 4 is 5.91 Å². The Morgan fingerprint density at radius 3 is 2.00 bits per heavy atom. The summed E-state index contributed by atoms with van der Waals surface area (Å²) in [6, 6.07) is 0. The SMILES string of the molecule is CC.CC.CCN1OCCC1=O. The van der Waals surface area contributed by atoms with E-state index in [9.17, 15) is 4.79 Å². The Hall–Kier alpha value is -0.570. The summed E-state index contributed by atoms with van der Waals surface area (Å²) in [5, 5.41) is 1.39. The van der Waals surface area contributed by atoms with Gasteiger partial charge in [0, 0.05) is 6.54 Å². The average molecular weight is 175 g/mol. The van der Waals surface area contributed by atoms with Gasteiger partial charge in [-0.25, -0.2) is 5.06 Å². The highest BCUT2D eigenvalue weighted by Crippen LogP contribution is 2.03. The zero-order chi connectivity index (χ0) is 9.98. The number of carbonyl (C=O) groups is 1. The van der Waals surface area contributed by atoms with Crippen LogP contribution in [0.1, 0.15) is 41.0 Å². The molecule has 74 valence electrons. The van der Waals surface area contributed by atoms with Gasteiger partial charge in [0.2, 0.25) is 5.91 Å². The molecule has 1 rings (SSSR count). The third-order valence-corrected chi connectivity index (χ3v) is 1.13. The molecule has 0 atom stereocenters. The Morgan fingerprint density at radius 1 is 1.33 bits per heavy atom. The van der Waals surface area contributed by atoms with Gasteiger partial charge in [0.05, 0.1) is 13.0 Å². The zero-order valence-corrected chi connectivity index (χ0v) is 8.89. The number of hydrogen-bond donors (Lipinski definition) is 0. The normalized spacial score (nSPS) is 14.4. The van der Waals surface area contributed by atoms with E-state index >= 15 is 0 Å². The number of hydroxylamine groups is 2. The molecule has 3 nitrogen and oxygen atoms in total. The Kier molecular flexibility index (Phi) is 12.2. The Labute approximate surface area is 75.7 Å². The van der Waals surface area contributed by atoms with E-state index in [1.54, 1.807) is 0 Å². The molecule has 1 amide bonds. The lowest BCUT2D eigenvalue weighted by molar-refractivity contribution is -0.160. The van der Waals surface area contributed by atoms with Crippen LogP contribution in [0.2, 0.25) is 0 Å². The fourth-order valence-corrected chi connectivity index (χ4v) is 0.707. The molecule has 1 heterocycles. The number of amides is 1. The molecule has 3 heteroatoms. The monoisotopic (exact) mass is 175 g/mol. The maximum absolute atomic E-state index is 10.6. The summed E-state index contributed by atoms with van der Waals surface area (Å²) in [6.45, 7) is 11.1. The lowest BCUT2D eigenvalue weighted by atomic mass is 10.4. The van der Waals surface area contributed by atoms with Crippen LogP contribution >= 0.6 is 0 Å². The van der Waals surface area contributed by atoms with Gasteiger partial charge in [-0.15, -0.1) is 0 Å². The fourth-order valence-electron chi connectivity index (χ4n) is 0.707. The molecule has 0 bridgehead atoms. The third-order valence-electron chi connectivity index (χ3n) is 1.13. The first-order chi connectivity index (χ1) is 5.84. The molecule has 0 aromatic carbocycles. The fraction of sp³-hybridized carbons (Fsp3) is 0.889. The van der Waals surface area contributed by atoms with Gasteiger partial charge in [0.15, 0.2) is 0 Å². The second-order valence-corrected chi connectivity index (χ2v) is 1.67. The standard InChI is InChI=1S/C5H9NO2.2C2H6/c1-2-6-5(7)3-4-8-6;2*1-2/h2-4H2,1H3;2*1-2H3. The van der Waals surface area contributed by atoms with Gasteiger partial charge >= 0.3 is 0 Å². The van der Waals surface area contributed by atoms with Gasteiger partial charge in [0.1, 0.15) is 0 Å². The smallest absolute Gasteiger partial charge is 0.248 e. The highest BCUT2D eigenvalue weighted by Gasteiger charge is 2.18. The second-order valence-electron chi connectivity index (χ2n) is 1.67. The molecule has 0 unspecified atom stereocenters.